The molecule has 0 saturated heterocycles. The van der Waals surface area contributed by atoms with E-state index < -0.39 is 0 Å². The molecule has 0 bridgehead atoms. The Morgan fingerprint density at radius 3 is 3.00 bits per heavy atom. The summed E-state index contributed by atoms with van der Waals surface area (Å²) in [4.78, 5) is 1.13. The fraction of sp³-hybridized carbons (Fsp3) is 0.273. The summed E-state index contributed by atoms with van der Waals surface area (Å²) >= 11 is 1.69. The van der Waals surface area contributed by atoms with E-state index in [1.54, 1.807) is 18.1 Å². The number of hydrogen-bond acceptors (Lipinski definition) is 4. The molecule has 0 spiro atoms. The van der Waals surface area contributed by atoms with E-state index in [4.69, 9.17) is 5.11 Å². The van der Waals surface area contributed by atoms with Gasteiger partial charge in [0.05, 0.1) is 12.4 Å². The van der Waals surface area contributed by atoms with Crippen molar-refractivity contribution in [3.8, 4) is 0 Å². The van der Waals surface area contributed by atoms with E-state index in [1.165, 1.54) is 0 Å². The second-order valence-electron chi connectivity index (χ2n) is 3.45. The predicted molar refractivity (Wildman–Crippen MR) is 62.9 cm³/mol. The van der Waals surface area contributed by atoms with Crippen LogP contribution in [-0.2, 0) is 19.4 Å². The van der Waals surface area contributed by atoms with Crippen molar-refractivity contribution in [3.05, 3.63) is 42.0 Å². The third kappa shape index (κ3) is 2.62. The first-order valence-corrected chi connectivity index (χ1v) is 5.93. The van der Waals surface area contributed by atoms with Gasteiger partial charge in [0.1, 0.15) is 12.2 Å². The summed E-state index contributed by atoms with van der Waals surface area (Å²) in [5.74, 6) is 1.73. The molecular weight excluding hydrogens is 222 g/mol. The zero-order valence-corrected chi connectivity index (χ0v) is 9.81. The van der Waals surface area contributed by atoms with Crippen LogP contribution in [0.25, 0.3) is 0 Å². The summed E-state index contributed by atoms with van der Waals surface area (Å²) in [6.45, 7) is 0.0817. The molecule has 0 aliphatic carbocycles. The Balaban J connectivity index is 2.02. The number of nitrogens with zero attached hydrogens (tertiary/aromatic N) is 3. The van der Waals surface area contributed by atoms with E-state index in [9.17, 15) is 0 Å². The van der Waals surface area contributed by atoms with Crippen molar-refractivity contribution in [2.24, 2.45) is 7.05 Å². The van der Waals surface area contributed by atoms with Gasteiger partial charge in [-0.15, -0.1) is 22.0 Å². The van der Waals surface area contributed by atoms with E-state index in [1.807, 2.05) is 35.9 Å². The average Bonchev–Trinajstić information content (AvgIpc) is 2.72. The highest BCUT2D eigenvalue weighted by Gasteiger charge is 2.02. The molecule has 0 aliphatic heterocycles. The Labute approximate surface area is 98.3 Å². The molecule has 4 nitrogen and oxygen atoms in total. The number of rotatable bonds is 4. The number of hydrogen-bond donors (Lipinski definition) is 1. The zero-order chi connectivity index (χ0) is 11.4. The third-order valence-corrected chi connectivity index (χ3v) is 3.24. The summed E-state index contributed by atoms with van der Waals surface area (Å²) in [6.07, 6.45) is 1.69. The molecule has 0 unspecified atom stereocenters. The maximum absolute atomic E-state index is 9.02. The second kappa shape index (κ2) is 5.14. The van der Waals surface area contributed by atoms with Crippen LogP contribution in [0.1, 0.15) is 11.4 Å². The predicted octanol–water partition coefficient (Wildman–Crippen LogP) is 1.60. The minimum atomic E-state index is 0.0817. The molecule has 1 aromatic heterocycles. The van der Waals surface area contributed by atoms with E-state index in [2.05, 4.69) is 10.2 Å². The second-order valence-corrected chi connectivity index (χ2v) is 4.50. The molecule has 5 heteroatoms. The van der Waals surface area contributed by atoms with Crippen molar-refractivity contribution in [1.82, 2.24) is 14.8 Å². The minimum Gasteiger partial charge on any atom is -0.392 e. The monoisotopic (exact) mass is 235 g/mol. The van der Waals surface area contributed by atoms with Gasteiger partial charge in [0.15, 0.2) is 0 Å². The summed E-state index contributed by atoms with van der Waals surface area (Å²) in [5, 5.41) is 16.9. The van der Waals surface area contributed by atoms with Gasteiger partial charge in [0.25, 0.3) is 0 Å². The molecule has 0 saturated carbocycles. The van der Waals surface area contributed by atoms with Gasteiger partial charge in [0, 0.05) is 11.9 Å². The normalized spacial score (nSPS) is 10.6. The van der Waals surface area contributed by atoms with Gasteiger partial charge in [-0.25, -0.2) is 0 Å². The largest absolute Gasteiger partial charge is 0.392 e. The van der Waals surface area contributed by atoms with Crippen LogP contribution in [-0.4, -0.2) is 19.9 Å². The maximum atomic E-state index is 9.02. The van der Waals surface area contributed by atoms with Crippen molar-refractivity contribution in [2.75, 3.05) is 0 Å². The molecule has 2 aromatic rings. The Morgan fingerprint density at radius 2 is 2.31 bits per heavy atom. The fourth-order valence-electron chi connectivity index (χ4n) is 1.32. The Kier molecular flexibility index (Phi) is 3.58. The van der Waals surface area contributed by atoms with Crippen LogP contribution in [0.3, 0.4) is 0 Å². The lowest BCUT2D eigenvalue weighted by atomic mass is 10.2. The van der Waals surface area contributed by atoms with Gasteiger partial charge >= 0.3 is 0 Å². The highest BCUT2D eigenvalue weighted by Crippen LogP contribution is 2.22. The summed E-state index contributed by atoms with van der Waals surface area (Å²) in [5.41, 5.74) is 0.933. The summed E-state index contributed by atoms with van der Waals surface area (Å²) in [7, 11) is 1.93. The van der Waals surface area contributed by atoms with Gasteiger partial charge in [-0.2, -0.15) is 0 Å². The van der Waals surface area contributed by atoms with Crippen LogP contribution < -0.4 is 0 Å². The van der Waals surface area contributed by atoms with Crippen LogP contribution in [0.15, 0.2) is 35.5 Å². The van der Waals surface area contributed by atoms with E-state index >= 15 is 0 Å². The third-order valence-electron chi connectivity index (χ3n) is 2.25. The molecular formula is C11H13N3OS. The molecule has 0 atom stereocenters. The number of benzene rings is 1. The molecule has 1 heterocycles. The molecule has 0 aliphatic rings. The minimum absolute atomic E-state index is 0.0817. The van der Waals surface area contributed by atoms with Gasteiger partial charge < -0.3 is 9.67 Å². The van der Waals surface area contributed by atoms with E-state index in [0.29, 0.717) is 0 Å². The number of aliphatic hydroxyl groups excluding tert-OH is 1. The Morgan fingerprint density at radius 1 is 1.44 bits per heavy atom. The summed E-state index contributed by atoms with van der Waals surface area (Å²) in [6, 6.07) is 7.87. The van der Waals surface area contributed by atoms with Crippen molar-refractivity contribution < 1.29 is 5.11 Å². The topological polar surface area (TPSA) is 50.9 Å². The molecule has 0 fully saturated rings. The number of aryl methyl sites for hydroxylation is 1. The highest BCUT2D eigenvalue weighted by atomic mass is 32.2. The van der Waals surface area contributed by atoms with Gasteiger partial charge in [0.2, 0.25) is 0 Å². The molecule has 84 valence electrons. The smallest absolute Gasteiger partial charge is 0.142 e. The van der Waals surface area contributed by atoms with Gasteiger partial charge in [-0.3, -0.25) is 0 Å². The maximum Gasteiger partial charge on any atom is 0.142 e. The van der Waals surface area contributed by atoms with Crippen LogP contribution >= 0.6 is 11.8 Å². The lowest BCUT2D eigenvalue weighted by Gasteiger charge is -2.03. The van der Waals surface area contributed by atoms with Crippen molar-refractivity contribution in [3.63, 3.8) is 0 Å². The van der Waals surface area contributed by atoms with E-state index in [0.717, 1.165) is 22.0 Å². The van der Waals surface area contributed by atoms with Crippen molar-refractivity contribution in [2.45, 2.75) is 17.3 Å². The van der Waals surface area contributed by atoms with Crippen molar-refractivity contribution >= 4 is 11.8 Å². The molecule has 16 heavy (non-hydrogen) atoms. The lowest BCUT2D eigenvalue weighted by Crippen LogP contribution is -1.94. The summed E-state index contributed by atoms with van der Waals surface area (Å²) < 4.78 is 1.91. The fourth-order valence-corrected chi connectivity index (χ4v) is 2.29. The molecule has 2 rings (SSSR count). The SMILES string of the molecule is Cn1cnnc1CSc1cccc(CO)c1. The first-order chi connectivity index (χ1) is 7.79. The first kappa shape index (κ1) is 11.2. The highest BCUT2D eigenvalue weighted by molar-refractivity contribution is 7.98. The lowest BCUT2D eigenvalue weighted by molar-refractivity contribution is 0.281. The standard InChI is InChI=1S/C11H13N3OS/c1-14-8-12-13-11(14)7-16-10-4-2-3-9(5-10)6-15/h2-5,8,15H,6-7H2,1H3. The van der Waals surface area contributed by atoms with Crippen LogP contribution in [0, 0.1) is 0 Å². The Bertz CT molecular complexity index is 470. The molecule has 0 amide bonds. The Hall–Kier alpha value is -1.33. The number of aromatic nitrogens is 3. The molecule has 0 radical (unpaired) electrons. The van der Waals surface area contributed by atoms with Crippen LogP contribution in [0.2, 0.25) is 0 Å². The van der Waals surface area contributed by atoms with Crippen LogP contribution in [0.5, 0.6) is 0 Å². The first-order valence-electron chi connectivity index (χ1n) is 4.95. The molecule has 1 N–H and O–H groups in total. The van der Waals surface area contributed by atoms with Crippen LogP contribution in [0.4, 0.5) is 0 Å². The quantitative estimate of drug-likeness (QED) is 0.818. The zero-order valence-electron chi connectivity index (χ0n) is 9.00. The number of aliphatic hydroxyl groups is 1. The van der Waals surface area contributed by atoms with Crippen molar-refractivity contribution in [1.29, 1.82) is 0 Å². The van der Waals surface area contributed by atoms with Gasteiger partial charge in [-0.1, -0.05) is 12.1 Å². The molecule has 1 aromatic carbocycles. The van der Waals surface area contributed by atoms with Gasteiger partial charge in [-0.05, 0) is 17.7 Å². The van der Waals surface area contributed by atoms with E-state index in [-0.39, 0.29) is 6.61 Å². The average molecular weight is 235 g/mol. The number of thioether (sulfide) groups is 1.